The zero-order chi connectivity index (χ0) is 26.5. The molecule has 0 saturated heterocycles. The van der Waals surface area contributed by atoms with Crippen molar-refractivity contribution in [3.63, 3.8) is 0 Å². The molecule has 0 radical (unpaired) electrons. The highest BCUT2D eigenvalue weighted by Gasteiger charge is 2.20. The molecule has 216 valence electrons. The number of hydrogen-bond acceptors (Lipinski definition) is 3. The van der Waals surface area contributed by atoms with Gasteiger partial charge in [-0.05, 0) is 51.4 Å². The molecule has 3 heteroatoms. The van der Waals surface area contributed by atoms with Crippen LogP contribution in [0, 0.1) is 0 Å². The summed E-state index contributed by atoms with van der Waals surface area (Å²) in [7, 11) is 0. The van der Waals surface area contributed by atoms with Crippen molar-refractivity contribution in [2.45, 2.75) is 207 Å². The van der Waals surface area contributed by atoms with Gasteiger partial charge in [0.05, 0.1) is 0 Å². The third-order valence-electron chi connectivity index (χ3n) is 7.54. The first kappa shape index (κ1) is 35.3. The van der Waals surface area contributed by atoms with E-state index in [1.165, 1.54) is 116 Å². The highest BCUT2D eigenvalue weighted by molar-refractivity contribution is 5.60. The highest BCUT2D eigenvalue weighted by Crippen LogP contribution is 2.20. The van der Waals surface area contributed by atoms with Gasteiger partial charge in [0.1, 0.15) is 12.2 Å². The summed E-state index contributed by atoms with van der Waals surface area (Å²) in [5.74, 6) is 0. The molecule has 0 spiro atoms. The molecule has 2 unspecified atom stereocenters. The van der Waals surface area contributed by atoms with Crippen LogP contribution in [0.1, 0.15) is 195 Å². The Morgan fingerprint density at radius 1 is 0.389 bits per heavy atom. The smallest absolute Gasteiger partial charge is 0.431 e. The summed E-state index contributed by atoms with van der Waals surface area (Å²) >= 11 is 0. The lowest BCUT2D eigenvalue weighted by atomic mass is 10.0. The van der Waals surface area contributed by atoms with E-state index in [0.717, 1.165) is 51.4 Å². The molecule has 0 bridgehead atoms. The first-order valence-corrected chi connectivity index (χ1v) is 16.5. The quantitative estimate of drug-likeness (QED) is 0.0775. The van der Waals surface area contributed by atoms with Crippen molar-refractivity contribution in [3.8, 4) is 0 Å². The van der Waals surface area contributed by atoms with E-state index in [4.69, 9.17) is 9.47 Å². The summed E-state index contributed by atoms with van der Waals surface area (Å²) in [6, 6.07) is 0. The average Bonchev–Trinajstić information content (AvgIpc) is 2.87. The van der Waals surface area contributed by atoms with E-state index in [2.05, 4.69) is 27.7 Å². The molecule has 3 nitrogen and oxygen atoms in total. The van der Waals surface area contributed by atoms with E-state index in [0.29, 0.717) is 0 Å². The van der Waals surface area contributed by atoms with E-state index in [1.54, 1.807) is 0 Å². The number of unbranched alkanes of at least 4 members (excludes halogenated alkanes) is 18. The minimum Gasteiger partial charge on any atom is -0.431 e. The van der Waals surface area contributed by atoms with E-state index >= 15 is 0 Å². The molecule has 0 aliphatic rings. The molecule has 0 saturated carbocycles. The summed E-state index contributed by atoms with van der Waals surface area (Å²) < 4.78 is 11.9. The van der Waals surface area contributed by atoms with Crippen LogP contribution < -0.4 is 0 Å². The number of carbonyl (C=O) groups is 1. The summed E-state index contributed by atoms with van der Waals surface area (Å²) in [5.41, 5.74) is 0. The second kappa shape index (κ2) is 28.8. The fourth-order valence-corrected chi connectivity index (χ4v) is 5.08. The van der Waals surface area contributed by atoms with Gasteiger partial charge in [0.2, 0.25) is 0 Å². The molecule has 0 aromatic heterocycles. The second-order valence-corrected chi connectivity index (χ2v) is 11.2. The number of hydrogen-bond donors (Lipinski definition) is 0. The fourth-order valence-electron chi connectivity index (χ4n) is 5.08. The standard InChI is InChI=1S/C33H66O3/c1-5-9-13-17-19-21-25-29-31(27-23-15-11-7-3)35-33(34)36-32(28-24-16-12-8-4)30-26-22-20-18-14-10-6-2/h31-32H,5-30H2,1-4H3. The van der Waals surface area contributed by atoms with Crippen LogP contribution >= 0.6 is 0 Å². The van der Waals surface area contributed by atoms with Crippen LogP contribution in [0.5, 0.6) is 0 Å². The number of rotatable bonds is 28. The van der Waals surface area contributed by atoms with Crippen molar-refractivity contribution >= 4 is 6.16 Å². The number of carbonyl (C=O) groups excluding carboxylic acids is 1. The summed E-state index contributed by atoms with van der Waals surface area (Å²) in [4.78, 5) is 12.8. The van der Waals surface area contributed by atoms with Crippen molar-refractivity contribution in [3.05, 3.63) is 0 Å². The first-order chi connectivity index (χ1) is 17.7. The number of ether oxygens (including phenoxy) is 2. The summed E-state index contributed by atoms with van der Waals surface area (Å²) in [5, 5.41) is 0. The molecule has 36 heavy (non-hydrogen) atoms. The third kappa shape index (κ3) is 24.9. The molecule has 0 heterocycles. The minimum atomic E-state index is -0.401. The zero-order valence-corrected chi connectivity index (χ0v) is 25.3. The maximum Gasteiger partial charge on any atom is 0.508 e. The predicted octanol–water partition coefficient (Wildman–Crippen LogP) is 12.1. The van der Waals surface area contributed by atoms with Gasteiger partial charge in [0.25, 0.3) is 0 Å². The maximum absolute atomic E-state index is 12.8. The van der Waals surface area contributed by atoms with Crippen molar-refractivity contribution < 1.29 is 14.3 Å². The molecular weight excluding hydrogens is 444 g/mol. The molecule has 0 aliphatic heterocycles. The van der Waals surface area contributed by atoms with Gasteiger partial charge in [-0.3, -0.25) is 0 Å². The Morgan fingerprint density at radius 2 is 0.611 bits per heavy atom. The van der Waals surface area contributed by atoms with E-state index in [9.17, 15) is 4.79 Å². The Labute approximate surface area is 227 Å². The molecule has 0 rings (SSSR count). The molecule has 0 aliphatic carbocycles. The Kier molecular flexibility index (Phi) is 28.3. The molecule has 0 amide bonds. The van der Waals surface area contributed by atoms with E-state index < -0.39 is 6.16 Å². The van der Waals surface area contributed by atoms with Crippen molar-refractivity contribution in [1.29, 1.82) is 0 Å². The molecule has 2 atom stereocenters. The van der Waals surface area contributed by atoms with Crippen LogP contribution in [0.15, 0.2) is 0 Å². The first-order valence-electron chi connectivity index (χ1n) is 16.5. The van der Waals surface area contributed by atoms with Crippen molar-refractivity contribution in [2.75, 3.05) is 0 Å². The van der Waals surface area contributed by atoms with Gasteiger partial charge in [-0.15, -0.1) is 0 Å². The Morgan fingerprint density at radius 3 is 0.889 bits per heavy atom. The zero-order valence-electron chi connectivity index (χ0n) is 25.3. The van der Waals surface area contributed by atoms with Crippen molar-refractivity contribution in [2.24, 2.45) is 0 Å². The molecule has 0 aromatic carbocycles. The average molecular weight is 511 g/mol. The largest absolute Gasteiger partial charge is 0.508 e. The van der Waals surface area contributed by atoms with Crippen LogP contribution in [0.2, 0.25) is 0 Å². The molecule has 0 N–H and O–H groups in total. The van der Waals surface area contributed by atoms with E-state index in [1.807, 2.05) is 0 Å². The molecular formula is C33H66O3. The van der Waals surface area contributed by atoms with Crippen LogP contribution in [0.3, 0.4) is 0 Å². The SMILES string of the molecule is CCCCCCCCCC(CCCCCC)OC(=O)OC(CCCCCC)CCCCCCCCC. The lowest BCUT2D eigenvalue weighted by Gasteiger charge is -2.22. The van der Waals surface area contributed by atoms with Crippen molar-refractivity contribution in [1.82, 2.24) is 0 Å². The monoisotopic (exact) mass is 511 g/mol. The van der Waals surface area contributed by atoms with Gasteiger partial charge in [0.15, 0.2) is 0 Å². The Hall–Kier alpha value is -0.730. The Balaban J connectivity index is 4.53. The van der Waals surface area contributed by atoms with Crippen LogP contribution in [0.4, 0.5) is 4.79 Å². The summed E-state index contributed by atoms with van der Waals surface area (Å²) in [6.45, 7) is 9.03. The molecule has 0 fully saturated rings. The van der Waals surface area contributed by atoms with Crippen LogP contribution in [-0.2, 0) is 9.47 Å². The van der Waals surface area contributed by atoms with Gasteiger partial charge < -0.3 is 9.47 Å². The van der Waals surface area contributed by atoms with Gasteiger partial charge in [0, 0.05) is 0 Å². The highest BCUT2D eigenvalue weighted by atomic mass is 16.7. The lowest BCUT2D eigenvalue weighted by Crippen LogP contribution is -2.24. The Bertz CT molecular complexity index is 399. The van der Waals surface area contributed by atoms with Crippen LogP contribution in [0.25, 0.3) is 0 Å². The van der Waals surface area contributed by atoms with Gasteiger partial charge >= 0.3 is 6.16 Å². The van der Waals surface area contributed by atoms with Gasteiger partial charge in [-0.2, -0.15) is 0 Å². The lowest BCUT2D eigenvalue weighted by molar-refractivity contribution is -0.0121. The second-order valence-electron chi connectivity index (χ2n) is 11.2. The topological polar surface area (TPSA) is 35.5 Å². The fraction of sp³-hybridized carbons (Fsp3) is 0.970. The van der Waals surface area contributed by atoms with Gasteiger partial charge in [-0.1, -0.05) is 143 Å². The molecule has 0 aromatic rings. The third-order valence-corrected chi connectivity index (χ3v) is 7.54. The van der Waals surface area contributed by atoms with Crippen LogP contribution in [-0.4, -0.2) is 18.4 Å². The normalized spacial score (nSPS) is 13.0. The summed E-state index contributed by atoms with van der Waals surface area (Å²) in [6.07, 6.45) is 31.6. The minimum absolute atomic E-state index is 0.0318. The van der Waals surface area contributed by atoms with Gasteiger partial charge in [-0.25, -0.2) is 4.79 Å². The van der Waals surface area contributed by atoms with E-state index in [-0.39, 0.29) is 12.2 Å². The maximum atomic E-state index is 12.8. The predicted molar refractivity (Wildman–Crippen MR) is 158 cm³/mol.